The van der Waals surface area contributed by atoms with Crippen molar-refractivity contribution in [2.24, 2.45) is 5.92 Å². The Labute approximate surface area is 163 Å². The summed E-state index contributed by atoms with van der Waals surface area (Å²) in [5, 5.41) is 7.52. The summed E-state index contributed by atoms with van der Waals surface area (Å²) in [6.07, 6.45) is 2.92. The third kappa shape index (κ3) is 4.26. The van der Waals surface area contributed by atoms with E-state index in [1.54, 1.807) is 23.1 Å². The third-order valence-corrected chi connectivity index (χ3v) is 5.23. The van der Waals surface area contributed by atoms with Gasteiger partial charge in [-0.1, -0.05) is 13.8 Å². The Morgan fingerprint density at radius 3 is 2.75 bits per heavy atom. The summed E-state index contributed by atoms with van der Waals surface area (Å²) in [7, 11) is 0. The van der Waals surface area contributed by atoms with Gasteiger partial charge in [-0.15, -0.1) is 0 Å². The van der Waals surface area contributed by atoms with Gasteiger partial charge in [0.05, 0.1) is 5.56 Å². The van der Waals surface area contributed by atoms with E-state index < -0.39 is 5.63 Å². The van der Waals surface area contributed by atoms with Gasteiger partial charge in [0.2, 0.25) is 0 Å². The van der Waals surface area contributed by atoms with Gasteiger partial charge < -0.3 is 9.73 Å². The van der Waals surface area contributed by atoms with Gasteiger partial charge in [-0.3, -0.25) is 9.36 Å². The number of hydrogen-bond acceptors (Lipinski definition) is 5. The summed E-state index contributed by atoms with van der Waals surface area (Å²) >= 11 is 0. The quantitative estimate of drug-likeness (QED) is 0.842. The summed E-state index contributed by atoms with van der Waals surface area (Å²) in [5.74, 6) is 1.36. The van der Waals surface area contributed by atoms with E-state index in [4.69, 9.17) is 4.42 Å². The van der Waals surface area contributed by atoms with Crippen molar-refractivity contribution in [2.45, 2.75) is 72.5 Å². The molecule has 1 N–H and O–H groups in total. The lowest BCUT2D eigenvalue weighted by molar-refractivity contribution is 0.0928. The second kappa shape index (κ2) is 8.16. The van der Waals surface area contributed by atoms with Crippen molar-refractivity contribution in [3.05, 3.63) is 49.7 Å². The zero-order chi connectivity index (χ0) is 20.4. The molecular formula is C20H28N4O4. The van der Waals surface area contributed by atoms with E-state index in [0.717, 1.165) is 12.2 Å². The molecule has 2 aromatic heterocycles. The average Bonchev–Trinajstić information content (AvgIpc) is 2.76. The molecule has 8 nitrogen and oxygen atoms in total. The Morgan fingerprint density at radius 1 is 1.32 bits per heavy atom. The lowest BCUT2D eigenvalue weighted by atomic mass is 10.1. The normalized spacial score (nSPS) is 16.7. The minimum Gasteiger partial charge on any atom is -0.427 e. The maximum atomic E-state index is 12.7. The van der Waals surface area contributed by atoms with E-state index in [-0.39, 0.29) is 17.6 Å². The van der Waals surface area contributed by atoms with Gasteiger partial charge in [0, 0.05) is 31.6 Å². The molecule has 0 fully saturated rings. The Kier molecular flexibility index (Phi) is 5.86. The minimum absolute atomic E-state index is 0.0663. The van der Waals surface area contributed by atoms with E-state index >= 15 is 0 Å². The highest BCUT2D eigenvalue weighted by Gasteiger charge is 2.24. The molecule has 1 unspecified atom stereocenters. The first-order valence-electron chi connectivity index (χ1n) is 9.85. The number of aromatic nitrogens is 3. The molecule has 0 spiro atoms. The highest BCUT2D eigenvalue weighted by molar-refractivity contribution is 5.96. The SMILES string of the molecule is Cc1cc(=O)oc(C)c1C(=O)NC1CCc2nn(CCC(C)C)c(=O)n2CC1. The van der Waals surface area contributed by atoms with Gasteiger partial charge in [0.15, 0.2) is 0 Å². The molecule has 0 bridgehead atoms. The van der Waals surface area contributed by atoms with Crippen LogP contribution >= 0.6 is 0 Å². The molecule has 1 aliphatic heterocycles. The van der Waals surface area contributed by atoms with Crippen molar-refractivity contribution in [1.82, 2.24) is 19.7 Å². The number of carbonyl (C=O) groups excluding carboxylic acids is 1. The van der Waals surface area contributed by atoms with Crippen molar-refractivity contribution < 1.29 is 9.21 Å². The number of hydrogen-bond donors (Lipinski definition) is 1. The van der Waals surface area contributed by atoms with Crippen LogP contribution in [0.4, 0.5) is 0 Å². The van der Waals surface area contributed by atoms with Crippen LogP contribution in [0.3, 0.4) is 0 Å². The zero-order valence-electron chi connectivity index (χ0n) is 16.9. The van der Waals surface area contributed by atoms with Crippen molar-refractivity contribution in [3.63, 3.8) is 0 Å². The molecule has 152 valence electrons. The van der Waals surface area contributed by atoms with E-state index in [2.05, 4.69) is 24.3 Å². The summed E-state index contributed by atoms with van der Waals surface area (Å²) < 4.78 is 8.35. The second-order valence-corrected chi connectivity index (χ2v) is 7.93. The molecule has 1 amide bonds. The van der Waals surface area contributed by atoms with Gasteiger partial charge in [-0.2, -0.15) is 5.10 Å². The Balaban J connectivity index is 1.69. The Bertz CT molecular complexity index is 957. The van der Waals surface area contributed by atoms with Gasteiger partial charge in [-0.05, 0) is 44.6 Å². The predicted molar refractivity (Wildman–Crippen MR) is 105 cm³/mol. The number of carbonyl (C=O) groups is 1. The highest BCUT2D eigenvalue weighted by Crippen LogP contribution is 2.15. The van der Waals surface area contributed by atoms with Crippen LogP contribution < -0.4 is 16.6 Å². The molecule has 3 rings (SSSR count). The van der Waals surface area contributed by atoms with Crippen molar-refractivity contribution in [1.29, 1.82) is 0 Å². The van der Waals surface area contributed by atoms with Gasteiger partial charge >= 0.3 is 11.3 Å². The van der Waals surface area contributed by atoms with E-state index in [9.17, 15) is 14.4 Å². The first-order valence-corrected chi connectivity index (χ1v) is 9.85. The molecule has 0 saturated heterocycles. The monoisotopic (exact) mass is 388 g/mol. The lowest BCUT2D eigenvalue weighted by Crippen LogP contribution is -2.36. The number of nitrogens with one attached hydrogen (secondary N) is 1. The molecular weight excluding hydrogens is 360 g/mol. The number of fused-ring (bicyclic) bond motifs is 1. The largest absolute Gasteiger partial charge is 0.427 e. The second-order valence-electron chi connectivity index (χ2n) is 7.93. The van der Waals surface area contributed by atoms with Gasteiger partial charge in [-0.25, -0.2) is 14.3 Å². The number of aryl methyl sites for hydroxylation is 4. The van der Waals surface area contributed by atoms with Crippen LogP contribution in [0.15, 0.2) is 20.1 Å². The zero-order valence-corrected chi connectivity index (χ0v) is 16.9. The highest BCUT2D eigenvalue weighted by atomic mass is 16.4. The van der Waals surface area contributed by atoms with Crippen LogP contribution in [0.1, 0.15) is 60.6 Å². The smallest absolute Gasteiger partial charge is 0.345 e. The van der Waals surface area contributed by atoms with Crippen LogP contribution in [0, 0.1) is 19.8 Å². The van der Waals surface area contributed by atoms with Gasteiger partial charge in [0.25, 0.3) is 5.91 Å². The summed E-state index contributed by atoms with van der Waals surface area (Å²) in [4.78, 5) is 36.7. The first-order chi connectivity index (χ1) is 13.3. The summed E-state index contributed by atoms with van der Waals surface area (Å²) in [6, 6.07) is 1.26. The molecule has 28 heavy (non-hydrogen) atoms. The number of amides is 1. The van der Waals surface area contributed by atoms with E-state index in [1.165, 1.54) is 6.07 Å². The maximum absolute atomic E-state index is 12.7. The molecule has 1 aliphatic rings. The molecule has 0 aliphatic carbocycles. The predicted octanol–water partition coefficient (Wildman–Crippen LogP) is 1.80. The maximum Gasteiger partial charge on any atom is 0.345 e. The minimum atomic E-state index is -0.458. The fraction of sp³-hybridized carbons (Fsp3) is 0.600. The topological polar surface area (TPSA) is 99.1 Å². The van der Waals surface area contributed by atoms with Crippen LogP contribution in [-0.4, -0.2) is 26.3 Å². The molecule has 3 heterocycles. The fourth-order valence-corrected chi connectivity index (χ4v) is 3.65. The van der Waals surface area contributed by atoms with Crippen LogP contribution in [0.5, 0.6) is 0 Å². The molecule has 0 radical (unpaired) electrons. The fourth-order valence-electron chi connectivity index (χ4n) is 3.65. The molecule has 8 heteroatoms. The number of rotatable bonds is 5. The van der Waals surface area contributed by atoms with Crippen LogP contribution in [0.25, 0.3) is 0 Å². The molecule has 0 aromatic carbocycles. The van der Waals surface area contributed by atoms with Crippen molar-refractivity contribution in [3.8, 4) is 0 Å². The number of nitrogens with zero attached hydrogens (tertiary/aromatic N) is 3. The summed E-state index contributed by atoms with van der Waals surface area (Å²) in [6.45, 7) is 8.76. The van der Waals surface area contributed by atoms with Crippen LogP contribution in [0.2, 0.25) is 0 Å². The van der Waals surface area contributed by atoms with E-state index in [1.807, 2.05) is 0 Å². The van der Waals surface area contributed by atoms with Crippen molar-refractivity contribution >= 4 is 5.91 Å². The molecule has 1 atom stereocenters. The Morgan fingerprint density at radius 2 is 2.07 bits per heavy atom. The average molecular weight is 388 g/mol. The molecule has 2 aromatic rings. The summed E-state index contributed by atoms with van der Waals surface area (Å²) in [5.41, 5.74) is 0.470. The van der Waals surface area contributed by atoms with Crippen LogP contribution in [-0.2, 0) is 19.5 Å². The van der Waals surface area contributed by atoms with Crippen molar-refractivity contribution in [2.75, 3.05) is 0 Å². The van der Waals surface area contributed by atoms with Gasteiger partial charge in [0.1, 0.15) is 11.6 Å². The Hall–Kier alpha value is -2.64. The van der Waals surface area contributed by atoms with E-state index in [0.29, 0.717) is 55.2 Å². The lowest BCUT2D eigenvalue weighted by Gasteiger charge is -2.17. The standard InChI is InChI=1S/C20H28N4O4/c1-12(2)7-10-24-20(27)23-9-8-15(5-6-16(23)22-24)21-19(26)18-13(3)11-17(25)28-14(18)4/h11-12,15H,5-10H2,1-4H3,(H,21,26). The third-order valence-electron chi connectivity index (χ3n) is 5.23. The molecule has 0 saturated carbocycles. The first kappa shape index (κ1) is 20.1.